The molecule has 0 bridgehead atoms. The van der Waals surface area contributed by atoms with Gasteiger partial charge in [0.2, 0.25) is 10.7 Å². The van der Waals surface area contributed by atoms with E-state index >= 15 is 0 Å². The predicted octanol–water partition coefficient (Wildman–Crippen LogP) is 0.467. The summed E-state index contributed by atoms with van der Waals surface area (Å²) in [4.78, 5) is 13.2. The van der Waals surface area contributed by atoms with Crippen molar-refractivity contribution in [2.75, 3.05) is 6.61 Å². The van der Waals surface area contributed by atoms with Crippen molar-refractivity contribution in [3.05, 3.63) is 0 Å². The first-order valence-electron chi connectivity index (χ1n) is 3.01. The van der Waals surface area contributed by atoms with Crippen molar-refractivity contribution in [1.29, 1.82) is 10.9 Å². The fourth-order valence-electron chi connectivity index (χ4n) is 0.444. The molecule has 2 N–H and O–H groups in total. The molecular weight excluding hydrogens is 148 g/mol. The van der Waals surface area contributed by atoms with Gasteiger partial charge >= 0.3 is 5.97 Å². The molecule has 0 aromatic carbocycles. The lowest BCUT2D eigenvalue weighted by Gasteiger charge is -1.95. The molecule has 0 atom stereocenters. The minimum absolute atomic E-state index is 0.226. The standard InChI is InChI=1S/C5H9N4O2/c1-2-11-5(10)3-4(6)8-9-7/h6-7H,2-3H2,1H3/q+1. The van der Waals surface area contributed by atoms with Crippen LogP contribution in [0.1, 0.15) is 13.3 Å². The maximum absolute atomic E-state index is 10.6. The normalized spacial score (nSPS) is 8.09. The summed E-state index contributed by atoms with van der Waals surface area (Å²) in [6, 6.07) is 0. The maximum Gasteiger partial charge on any atom is 0.313 e. The number of nitrogens with one attached hydrogen (secondary N) is 2. The van der Waals surface area contributed by atoms with Crippen LogP contribution in [0.2, 0.25) is 0 Å². The number of ether oxygens (including phenoxy) is 1. The molecule has 0 amide bonds. The summed E-state index contributed by atoms with van der Waals surface area (Å²) in [5, 5.41) is 9.94. The molecule has 0 aliphatic heterocycles. The quantitative estimate of drug-likeness (QED) is 0.204. The van der Waals surface area contributed by atoms with Crippen LogP contribution in [-0.4, -0.2) is 18.4 Å². The zero-order valence-electron chi connectivity index (χ0n) is 6.13. The van der Waals surface area contributed by atoms with Gasteiger partial charge in [0.15, 0.2) is 5.11 Å². The van der Waals surface area contributed by atoms with Crippen LogP contribution in [0.3, 0.4) is 0 Å². The minimum atomic E-state index is -0.523. The number of carbonyl (C=O) groups excluding carboxylic acids is 1. The van der Waals surface area contributed by atoms with E-state index in [0.29, 0.717) is 0 Å². The Morgan fingerprint density at radius 3 is 2.82 bits per heavy atom. The second kappa shape index (κ2) is 5.25. The SMILES string of the molecule is CCOC(=O)CC(=N)N=[N+]=N. The van der Waals surface area contributed by atoms with E-state index in [-0.39, 0.29) is 18.9 Å². The number of nitrogens with zero attached hydrogens (tertiary/aromatic N) is 2. The fraction of sp³-hybridized carbons (Fsp3) is 0.600. The lowest BCUT2D eigenvalue weighted by atomic mass is 10.4. The minimum Gasteiger partial charge on any atom is -0.466 e. The van der Waals surface area contributed by atoms with Crippen molar-refractivity contribution >= 4 is 11.8 Å². The smallest absolute Gasteiger partial charge is 0.313 e. The summed E-state index contributed by atoms with van der Waals surface area (Å²) in [5.41, 5.74) is 6.24. The first-order valence-corrected chi connectivity index (χ1v) is 3.01. The molecule has 11 heavy (non-hydrogen) atoms. The molecule has 0 spiro atoms. The van der Waals surface area contributed by atoms with Crippen molar-refractivity contribution in [3.8, 4) is 0 Å². The van der Waals surface area contributed by atoms with E-state index < -0.39 is 5.97 Å². The van der Waals surface area contributed by atoms with Crippen LogP contribution in [0.15, 0.2) is 5.11 Å². The Kier molecular flexibility index (Phi) is 4.51. The molecule has 0 heterocycles. The number of amidine groups is 1. The summed E-state index contributed by atoms with van der Waals surface area (Å²) >= 11 is 0. The van der Waals surface area contributed by atoms with Crippen LogP contribution >= 0.6 is 0 Å². The lowest BCUT2D eigenvalue weighted by molar-refractivity contribution is -0.141. The van der Waals surface area contributed by atoms with Crippen LogP contribution in [0.4, 0.5) is 0 Å². The average molecular weight is 157 g/mol. The van der Waals surface area contributed by atoms with E-state index in [9.17, 15) is 4.79 Å². The van der Waals surface area contributed by atoms with E-state index in [0.717, 1.165) is 0 Å². The topological polar surface area (TPSA) is 100 Å². The van der Waals surface area contributed by atoms with Crippen molar-refractivity contribution in [3.63, 3.8) is 0 Å². The van der Waals surface area contributed by atoms with E-state index in [1.165, 1.54) is 0 Å². The highest BCUT2D eigenvalue weighted by molar-refractivity contribution is 5.95. The van der Waals surface area contributed by atoms with Gasteiger partial charge in [-0.1, -0.05) is 0 Å². The molecule has 0 fully saturated rings. The Morgan fingerprint density at radius 2 is 2.36 bits per heavy atom. The summed E-state index contributed by atoms with van der Waals surface area (Å²) in [7, 11) is 0. The van der Waals surface area contributed by atoms with E-state index in [1.54, 1.807) is 6.92 Å². The summed E-state index contributed by atoms with van der Waals surface area (Å²) in [5.74, 6) is -0.789. The molecule has 0 unspecified atom stereocenters. The molecule has 0 aliphatic carbocycles. The number of hydrogen-bond donors (Lipinski definition) is 2. The molecule has 6 heteroatoms. The van der Waals surface area contributed by atoms with Crippen LogP contribution in [0, 0.1) is 10.9 Å². The van der Waals surface area contributed by atoms with Crippen LogP contribution in [0.5, 0.6) is 0 Å². The monoisotopic (exact) mass is 157 g/mol. The zero-order valence-corrected chi connectivity index (χ0v) is 6.13. The van der Waals surface area contributed by atoms with Crippen molar-refractivity contribution < 1.29 is 9.53 Å². The highest BCUT2D eigenvalue weighted by Gasteiger charge is 2.08. The van der Waals surface area contributed by atoms with Gasteiger partial charge in [0.1, 0.15) is 12.0 Å². The molecule has 60 valence electrons. The van der Waals surface area contributed by atoms with Gasteiger partial charge in [0, 0.05) is 0 Å². The third-order valence-electron chi connectivity index (χ3n) is 0.788. The van der Waals surface area contributed by atoms with Crippen LogP contribution in [0.25, 0.3) is 0 Å². The lowest BCUT2D eigenvalue weighted by Crippen LogP contribution is -2.08. The Balaban J connectivity index is 3.75. The number of rotatable bonds is 3. The number of carbonyl (C=O) groups is 1. The first kappa shape index (κ1) is 9.45. The van der Waals surface area contributed by atoms with Crippen LogP contribution < -0.4 is 4.91 Å². The molecule has 0 radical (unpaired) electrons. The first-order chi connectivity index (χ1) is 5.20. The van der Waals surface area contributed by atoms with Crippen LogP contribution in [-0.2, 0) is 9.53 Å². The van der Waals surface area contributed by atoms with Gasteiger partial charge in [-0.15, -0.1) is 0 Å². The Hall–Kier alpha value is -1.55. The predicted molar refractivity (Wildman–Crippen MR) is 36.3 cm³/mol. The third kappa shape index (κ3) is 4.92. The molecular formula is C5H9N4O2+. The van der Waals surface area contributed by atoms with Crippen molar-refractivity contribution in [2.24, 2.45) is 5.11 Å². The average Bonchev–Trinajstić information content (AvgIpc) is 1.87. The largest absolute Gasteiger partial charge is 0.466 e. The fourth-order valence-corrected chi connectivity index (χ4v) is 0.444. The van der Waals surface area contributed by atoms with Gasteiger partial charge in [0.05, 0.1) is 6.61 Å². The van der Waals surface area contributed by atoms with Gasteiger partial charge in [-0.3, -0.25) is 10.2 Å². The van der Waals surface area contributed by atoms with Crippen molar-refractivity contribution in [1.82, 2.24) is 4.91 Å². The van der Waals surface area contributed by atoms with Gasteiger partial charge in [-0.25, -0.2) is 0 Å². The van der Waals surface area contributed by atoms with E-state index in [4.69, 9.17) is 10.9 Å². The van der Waals surface area contributed by atoms with E-state index in [1.807, 2.05) is 0 Å². The Labute approximate surface area is 63.3 Å². The van der Waals surface area contributed by atoms with Gasteiger partial charge < -0.3 is 4.74 Å². The highest BCUT2D eigenvalue weighted by atomic mass is 16.5. The second-order valence-electron chi connectivity index (χ2n) is 1.63. The highest BCUT2D eigenvalue weighted by Crippen LogP contribution is 1.88. The molecule has 6 nitrogen and oxygen atoms in total. The van der Waals surface area contributed by atoms with Gasteiger partial charge in [-0.05, 0) is 6.92 Å². The Morgan fingerprint density at radius 1 is 1.73 bits per heavy atom. The van der Waals surface area contributed by atoms with Crippen molar-refractivity contribution in [2.45, 2.75) is 13.3 Å². The molecule has 0 saturated carbocycles. The zero-order chi connectivity index (χ0) is 8.69. The number of hydrogen-bond acceptors (Lipinski definition) is 4. The molecule has 0 aliphatic rings. The maximum atomic E-state index is 10.6. The van der Waals surface area contributed by atoms with E-state index in [2.05, 4.69) is 14.8 Å². The molecule has 0 aromatic heterocycles. The van der Waals surface area contributed by atoms with Gasteiger partial charge in [0.25, 0.3) is 0 Å². The Bertz CT molecular complexity index is 207. The third-order valence-corrected chi connectivity index (χ3v) is 0.788. The summed E-state index contributed by atoms with van der Waals surface area (Å²) < 4.78 is 4.52. The molecule has 0 saturated heterocycles. The summed E-state index contributed by atoms with van der Waals surface area (Å²) in [6.45, 7) is 1.96. The molecule has 0 aromatic rings. The molecule has 0 rings (SSSR count). The summed E-state index contributed by atoms with van der Waals surface area (Å²) in [6.07, 6.45) is -0.226. The van der Waals surface area contributed by atoms with Gasteiger partial charge in [-0.2, -0.15) is 0 Å². The second-order valence-corrected chi connectivity index (χ2v) is 1.63. The number of esters is 1.